The third kappa shape index (κ3) is 2.30. The smallest absolute Gasteiger partial charge is 0.251 e. The number of benzene rings is 1. The lowest BCUT2D eigenvalue weighted by atomic mass is 10.2. The molecule has 1 aromatic carbocycles. The van der Waals surface area contributed by atoms with Crippen LogP contribution in [0.5, 0.6) is 0 Å². The zero-order valence-corrected chi connectivity index (χ0v) is 10.8. The van der Waals surface area contributed by atoms with Crippen LogP contribution in [0.3, 0.4) is 0 Å². The van der Waals surface area contributed by atoms with E-state index in [-0.39, 0.29) is 18.2 Å². The van der Waals surface area contributed by atoms with Gasteiger partial charge in [0.05, 0.1) is 18.2 Å². The van der Waals surface area contributed by atoms with E-state index < -0.39 is 11.9 Å². The highest BCUT2D eigenvalue weighted by molar-refractivity contribution is 6.22. The molecule has 0 spiro atoms. The van der Waals surface area contributed by atoms with Crippen molar-refractivity contribution in [1.82, 2.24) is 5.32 Å². The van der Waals surface area contributed by atoms with E-state index in [4.69, 9.17) is 5.73 Å². The Labute approximate surface area is 115 Å². The summed E-state index contributed by atoms with van der Waals surface area (Å²) in [5, 5.41) is 3.18. The lowest BCUT2D eigenvalue weighted by molar-refractivity contribution is -0.121. The molecule has 2 aliphatic rings. The lowest BCUT2D eigenvalue weighted by Crippen LogP contribution is -2.39. The molecule has 6 heteroatoms. The molecule has 3 amide bonds. The first-order chi connectivity index (χ1) is 9.56. The number of nitrogens with zero attached hydrogens (tertiary/aromatic N) is 1. The van der Waals surface area contributed by atoms with Gasteiger partial charge in [0.15, 0.2) is 0 Å². The fraction of sp³-hybridized carbons (Fsp3) is 0.357. The van der Waals surface area contributed by atoms with Crippen molar-refractivity contribution in [3.8, 4) is 0 Å². The number of imide groups is 1. The molecule has 20 heavy (non-hydrogen) atoms. The lowest BCUT2D eigenvalue weighted by Gasteiger charge is -2.15. The maximum atomic E-state index is 12.2. The number of nitrogens with two attached hydrogens (primary N) is 1. The minimum Gasteiger partial charge on any atom is -0.366 e. The molecule has 1 atom stereocenters. The molecule has 0 aromatic heterocycles. The van der Waals surface area contributed by atoms with Crippen LogP contribution >= 0.6 is 0 Å². The van der Waals surface area contributed by atoms with E-state index >= 15 is 0 Å². The highest BCUT2D eigenvalue weighted by Crippen LogP contribution is 2.26. The molecular formula is C14H15N3O3. The molecule has 2 fully saturated rings. The Bertz CT molecular complexity index is 578. The SMILES string of the molecule is NC(=O)c1ccc(N2C(=O)C[C@H](NC3CC3)C2=O)cc1. The number of nitrogens with one attached hydrogen (secondary N) is 1. The fourth-order valence-corrected chi connectivity index (χ4v) is 2.34. The largest absolute Gasteiger partial charge is 0.366 e. The van der Waals surface area contributed by atoms with Gasteiger partial charge in [-0.3, -0.25) is 14.4 Å². The van der Waals surface area contributed by atoms with E-state index in [0.717, 1.165) is 12.8 Å². The van der Waals surface area contributed by atoms with Gasteiger partial charge in [-0.2, -0.15) is 0 Å². The molecule has 3 N–H and O–H groups in total. The predicted molar refractivity (Wildman–Crippen MR) is 72.0 cm³/mol. The molecule has 0 bridgehead atoms. The summed E-state index contributed by atoms with van der Waals surface area (Å²) in [6.07, 6.45) is 2.31. The third-order valence-corrected chi connectivity index (χ3v) is 3.57. The van der Waals surface area contributed by atoms with Gasteiger partial charge >= 0.3 is 0 Å². The maximum Gasteiger partial charge on any atom is 0.251 e. The second-order valence-corrected chi connectivity index (χ2v) is 5.18. The quantitative estimate of drug-likeness (QED) is 0.765. The van der Waals surface area contributed by atoms with Crippen LogP contribution in [0.15, 0.2) is 24.3 Å². The van der Waals surface area contributed by atoms with Gasteiger partial charge in [-0.15, -0.1) is 0 Å². The van der Waals surface area contributed by atoms with Crippen molar-refractivity contribution in [2.24, 2.45) is 5.73 Å². The monoisotopic (exact) mass is 273 g/mol. The summed E-state index contributed by atoms with van der Waals surface area (Å²) in [5.74, 6) is -0.988. The molecule has 1 aliphatic heterocycles. The Morgan fingerprint density at radius 1 is 1.20 bits per heavy atom. The maximum absolute atomic E-state index is 12.2. The third-order valence-electron chi connectivity index (χ3n) is 3.57. The first-order valence-corrected chi connectivity index (χ1v) is 6.59. The van der Waals surface area contributed by atoms with Crippen LogP contribution in [0.1, 0.15) is 29.6 Å². The van der Waals surface area contributed by atoms with Crippen molar-refractivity contribution in [2.45, 2.75) is 31.3 Å². The Morgan fingerprint density at radius 2 is 1.85 bits per heavy atom. The van der Waals surface area contributed by atoms with Gasteiger partial charge < -0.3 is 11.1 Å². The molecule has 6 nitrogen and oxygen atoms in total. The van der Waals surface area contributed by atoms with E-state index in [2.05, 4.69) is 5.32 Å². The van der Waals surface area contributed by atoms with E-state index in [9.17, 15) is 14.4 Å². The molecule has 0 unspecified atom stereocenters. The number of hydrogen-bond acceptors (Lipinski definition) is 4. The van der Waals surface area contributed by atoms with Crippen LogP contribution in [0.4, 0.5) is 5.69 Å². The van der Waals surface area contributed by atoms with Gasteiger partial charge in [0.2, 0.25) is 11.8 Å². The number of anilines is 1. The average molecular weight is 273 g/mol. The molecule has 3 rings (SSSR count). The van der Waals surface area contributed by atoms with E-state index in [0.29, 0.717) is 17.3 Å². The molecule has 1 heterocycles. The van der Waals surface area contributed by atoms with Crippen LogP contribution in [0.2, 0.25) is 0 Å². The summed E-state index contributed by atoms with van der Waals surface area (Å²) in [7, 11) is 0. The Balaban J connectivity index is 1.79. The number of amides is 3. The molecule has 1 aromatic rings. The Kier molecular flexibility index (Phi) is 3.02. The molecule has 104 valence electrons. The summed E-state index contributed by atoms with van der Waals surface area (Å²) in [6.45, 7) is 0. The summed E-state index contributed by atoms with van der Waals surface area (Å²) in [6, 6.07) is 6.10. The number of primary amides is 1. The van der Waals surface area contributed by atoms with Gasteiger partial charge in [0, 0.05) is 11.6 Å². The highest BCUT2D eigenvalue weighted by atomic mass is 16.2. The van der Waals surface area contributed by atoms with Crippen molar-refractivity contribution in [1.29, 1.82) is 0 Å². The molecular weight excluding hydrogens is 258 g/mol. The first kappa shape index (κ1) is 12.8. The zero-order valence-electron chi connectivity index (χ0n) is 10.8. The number of rotatable bonds is 4. The van der Waals surface area contributed by atoms with Gasteiger partial charge in [-0.05, 0) is 37.1 Å². The highest BCUT2D eigenvalue weighted by Gasteiger charge is 2.41. The van der Waals surface area contributed by atoms with Crippen LogP contribution < -0.4 is 16.0 Å². The first-order valence-electron chi connectivity index (χ1n) is 6.59. The van der Waals surface area contributed by atoms with Gasteiger partial charge in [0.25, 0.3) is 5.91 Å². The molecule has 1 saturated heterocycles. The van der Waals surface area contributed by atoms with Crippen LogP contribution in [0.25, 0.3) is 0 Å². The van der Waals surface area contributed by atoms with E-state index in [1.807, 2.05) is 0 Å². The zero-order chi connectivity index (χ0) is 14.3. The Morgan fingerprint density at radius 3 is 2.40 bits per heavy atom. The second-order valence-electron chi connectivity index (χ2n) is 5.18. The molecule has 1 saturated carbocycles. The fourth-order valence-electron chi connectivity index (χ4n) is 2.34. The van der Waals surface area contributed by atoms with Crippen LogP contribution in [-0.4, -0.2) is 29.8 Å². The van der Waals surface area contributed by atoms with Crippen molar-refractivity contribution in [3.05, 3.63) is 29.8 Å². The predicted octanol–water partition coefficient (Wildman–Crippen LogP) is 0.169. The van der Waals surface area contributed by atoms with Crippen LogP contribution in [0, 0.1) is 0 Å². The Hall–Kier alpha value is -2.21. The van der Waals surface area contributed by atoms with Crippen LogP contribution in [-0.2, 0) is 9.59 Å². The van der Waals surface area contributed by atoms with Gasteiger partial charge in [-0.25, -0.2) is 4.90 Å². The summed E-state index contributed by atoms with van der Waals surface area (Å²) in [5.41, 5.74) is 5.98. The number of carbonyl (C=O) groups excluding carboxylic acids is 3. The summed E-state index contributed by atoms with van der Waals surface area (Å²) >= 11 is 0. The minimum absolute atomic E-state index is 0.187. The van der Waals surface area contributed by atoms with Crippen molar-refractivity contribution in [3.63, 3.8) is 0 Å². The average Bonchev–Trinajstić information content (AvgIpc) is 3.17. The number of hydrogen-bond donors (Lipinski definition) is 2. The second kappa shape index (κ2) is 4.72. The van der Waals surface area contributed by atoms with Crippen molar-refractivity contribution < 1.29 is 14.4 Å². The standard InChI is InChI=1S/C14H15N3O3/c15-13(19)8-1-5-10(6-2-8)17-12(18)7-11(14(17)20)16-9-3-4-9/h1-2,5-6,9,11,16H,3-4,7H2,(H2,15,19)/t11-/m0/s1. The van der Waals surface area contributed by atoms with E-state index in [1.165, 1.54) is 17.0 Å². The molecule has 0 radical (unpaired) electrons. The number of carbonyl (C=O) groups is 3. The van der Waals surface area contributed by atoms with Crippen molar-refractivity contribution in [2.75, 3.05) is 4.90 Å². The summed E-state index contributed by atoms with van der Waals surface area (Å²) in [4.78, 5) is 36.4. The normalized spacial score (nSPS) is 22.4. The van der Waals surface area contributed by atoms with Gasteiger partial charge in [-0.1, -0.05) is 0 Å². The topological polar surface area (TPSA) is 92.5 Å². The van der Waals surface area contributed by atoms with Crippen molar-refractivity contribution >= 4 is 23.4 Å². The van der Waals surface area contributed by atoms with Gasteiger partial charge in [0.1, 0.15) is 0 Å². The summed E-state index contributed by atoms with van der Waals surface area (Å²) < 4.78 is 0. The minimum atomic E-state index is -0.538. The van der Waals surface area contributed by atoms with E-state index in [1.54, 1.807) is 12.1 Å². The molecule has 1 aliphatic carbocycles.